The molecule has 5 heteroatoms. The van der Waals surface area contributed by atoms with Crippen LogP contribution in [0, 0.1) is 11.3 Å². The summed E-state index contributed by atoms with van der Waals surface area (Å²) in [4.78, 5) is 0. The summed E-state index contributed by atoms with van der Waals surface area (Å²) in [6.07, 6.45) is 1.02. The summed E-state index contributed by atoms with van der Waals surface area (Å²) in [7, 11) is -0.646. The summed E-state index contributed by atoms with van der Waals surface area (Å²) in [5.74, 6) is 0. The number of hydrogen-bond donors (Lipinski definition) is 0. The molecular formula is C5H9NO3P+. The van der Waals surface area contributed by atoms with Gasteiger partial charge in [-0.3, -0.25) is 0 Å². The second-order valence-corrected chi connectivity index (χ2v) is 2.57. The van der Waals surface area contributed by atoms with Crippen LogP contribution in [0.25, 0.3) is 0 Å². The summed E-state index contributed by atoms with van der Waals surface area (Å²) < 4.78 is 19.4. The molecule has 0 heterocycles. The van der Waals surface area contributed by atoms with Crippen molar-refractivity contribution >= 4 is 8.25 Å². The Labute approximate surface area is 60.7 Å². The smallest absolute Gasteiger partial charge is 0.198 e. The van der Waals surface area contributed by atoms with Gasteiger partial charge >= 0.3 is 8.25 Å². The molecule has 0 amide bonds. The summed E-state index contributed by atoms with van der Waals surface area (Å²) in [5, 5.41) is 8.08. The van der Waals surface area contributed by atoms with E-state index in [0.29, 0.717) is 19.4 Å². The molecule has 0 N–H and O–H groups in total. The molecule has 0 aliphatic carbocycles. The molecule has 0 aromatic rings. The average molecular weight is 162 g/mol. The van der Waals surface area contributed by atoms with Gasteiger partial charge in [0.15, 0.2) is 0 Å². The van der Waals surface area contributed by atoms with Gasteiger partial charge in [0.05, 0.1) is 13.2 Å². The topological polar surface area (TPSA) is 59.3 Å². The molecule has 0 radical (unpaired) electrons. The third kappa shape index (κ3) is 5.64. The molecule has 0 fully saturated rings. The fraction of sp³-hybridized carbons (Fsp3) is 0.800. The Morgan fingerprint density at radius 3 is 2.90 bits per heavy atom. The van der Waals surface area contributed by atoms with Gasteiger partial charge in [0.2, 0.25) is 0 Å². The van der Waals surface area contributed by atoms with Crippen LogP contribution in [-0.2, 0) is 13.6 Å². The maximum atomic E-state index is 10.4. The molecule has 4 nitrogen and oxygen atoms in total. The molecule has 56 valence electrons. The first kappa shape index (κ1) is 9.51. The van der Waals surface area contributed by atoms with Gasteiger partial charge in [-0.05, 0) is 6.42 Å². The van der Waals surface area contributed by atoms with Crippen LogP contribution in [0.3, 0.4) is 0 Å². The van der Waals surface area contributed by atoms with E-state index in [1.54, 1.807) is 0 Å². The Balaban J connectivity index is 3.05. The minimum Gasteiger partial charge on any atom is -0.198 e. The monoisotopic (exact) mass is 162 g/mol. The largest absolute Gasteiger partial charge is 0.697 e. The highest BCUT2D eigenvalue weighted by Gasteiger charge is 2.15. The first-order valence-electron chi connectivity index (χ1n) is 2.82. The van der Waals surface area contributed by atoms with E-state index in [1.165, 1.54) is 7.11 Å². The molecule has 1 unspecified atom stereocenters. The summed E-state index contributed by atoms with van der Waals surface area (Å²) in [5.41, 5.74) is 0. The predicted molar refractivity (Wildman–Crippen MR) is 35.4 cm³/mol. The van der Waals surface area contributed by atoms with Gasteiger partial charge in [-0.2, -0.15) is 5.26 Å². The van der Waals surface area contributed by atoms with Gasteiger partial charge < -0.3 is 0 Å². The molecule has 0 aromatic heterocycles. The quantitative estimate of drug-likeness (QED) is 0.455. The van der Waals surface area contributed by atoms with Gasteiger partial charge in [-0.15, -0.1) is 9.05 Å². The number of unbranched alkanes of at least 4 members (excludes halogenated alkanes) is 1. The van der Waals surface area contributed by atoms with E-state index in [4.69, 9.17) is 5.26 Å². The lowest BCUT2D eigenvalue weighted by Crippen LogP contribution is -1.85. The number of rotatable bonds is 5. The zero-order chi connectivity index (χ0) is 7.82. The molecule has 0 bridgehead atoms. The van der Waals surface area contributed by atoms with Gasteiger partial charge in [0, 0.05) is 11.0 Å². The van der Waals surface area contributed by atoms with Gasteiger partial charge in [0.1, 0.15) is 6.61 Å². The van der Waals surface area contributed by atoms with Crippen molar-refractivity contribution in [3.8, 4) is 6.07 Å². The third-order valence-electron chi connectivity index (χ3n) is 0.779. The molecule has 0 rings (SSSR count). The first-order valence-corrected chi connectivity index (χ1v) is 3.92. The summed E-state index contributed by atoms with van der Waals surface area (Å²) in [6.45, 7) is 0.316. The highest BCUT2D eigenvalue weighted by atomic mass is 31.1. The zero-order valence-corrected chi connectivity index (χ0v) is 6.63. The van der Waals surface area contributed by atoms with Crippen molar-refractivity contribution in [2.75, 3.05) is 13.7 Å². The molecule has 1 atom stereocenters. The molecule has 10 heavy (non-hydrogen) atoms. The van der Waals surface area contributed by atoms with E-state index in [0.717, 1.165) is 0 Å². The van der Waals surface area contributed by atoms with Crippen LogP contribution < -0.4 is 0 Å². The normalized spacial score (nSPS) is 10.6. The highest BCUT2D eigenvalue weighted by Crippen LogP contribution is 2.21. The molecular weight excluding hydrogens is 153 g/mol. The number of nitrogens with zero attached hydrogens (tertiary/aromatic N) is 1. The van der Waals surface area contributed by atoms with Crippen molar-refractivity contribution in [1.29, 1.82) is 5.26 Å². The van der Waals surface area contributed by atoms with Crippen LogP contribution >= 0.6 is 8.25 Å². The van der Waals surface area contributed by atoms with Crippen LogP contribution in [0.1, 0.15) is 12.8 Å². The molecule has 0 saturated heterocycles. The minimum atomic E-state index is -1.95. The highest BCUT2D eigenvalue weighted by molar-refractivity contribution is 7.33. The van der Waals surface area contributed by atoms with Crippen molar-refractivity contribution in [2.45, 2.75) is 12.8 Å². The Kier molecular flexibility index (Phi) is 6.30. The fourth-order valence-electron chi connectivity index (χ4n) is 0.343. The Bertz CT molecular complexity index is 142. The van der Waals surface area contributed by atoms with Crippen LogP contribution in [-0.4, -0.2) is 13.7 Å². The van der Waals surface area contributed by atoms with E-state index in [9.17, 15) is 4.57 Å². The van der Waals surface area contributed by atoms with E-state index < -0.39 is 8.25 Å². The van der Waals surface area contributed by atoms with Gasteiger partial charge in [0.25, 0.3) is 0 Å². The Hall–Kier alpha value is -0.490. The maximum Gasteiger partial charge on any atom is 0.697 e. The molecule has 0 aliphatic rings. The van der Waals surface area contributed by atoms with E-state index in [2.05, 4.69) is 9.05 Å². The van der Waals surface area contributed by atoms with Crippen LogP contribution in [0.15, 0.2) is 0 Å². The van der Waals surface area contributed by atoms with Crippen molar-refractivity contribution in [3.05, 3.63) is 0 Å². The first-order chi connectivity index (χ1) is 4.81. The molecule has 0 aromatic carbocycles. The van der Waals surface area contributed by atoms with Crippen molar-refractivity contribution in [1.82, 2.24) is 0 Å². The molecule has 0 saturated carbocycles. The zero-order valence-electron chi connectivity index (χ0n) is 5.74. The minimum absolute atomic E-state index is 0.316. The van der Waals surface area contributed by atoms with E-state index >= 15 is 0 Å². The predicted octanol–water partition coefficient (Wildman–Crippen LogP) is 1.61. The molecule has 0 aliphatic heterocycles. The second-order valence-electron chi connectivity index (χ2n) is 1.50. The number of nitriles is 1. The SMILES string of the molecule is CO[P+](=O)OCCCC#N. The van der Waals surface area contributed by atoms with E-state index in [-0.39, 0.29) is 0 Å². The van der Waals surface area contributed by atoms with Crippen LogP contribution in [0.2, 0.25) is 0 Å². The van der Waals surface area contributed by atoms with Crippen molar-refractivity contribution < 1.29 is 13.6 Å². The second kappa shape index (κ2) is 6.63. The standard InChI is InChI=1S/C5H9NO3P/c1-8-10(7)9-5-3-2-4-6/h2-3,5H2,1H3/q+1. The molecule has 0 spiro atoms. The van der Waals surface area contributed by atoms with Gasteiger partial charge in [-0.1, -0.05) is 0 Å². The lowest BCUT2D eigenvalue weighted by molar-refractivity contribution is 0.254. The average Bonchev–Trinajstić information content (AvgIpc) is 1.98. The summed E-state index contributed by atoms with van der Waals surface area (Å²) >= 11 is 0. The van der Waals surface area contributed by atoms with Crippen LogP contribution in [0.5, 0.6) is 0 Å². The number of hydrogen-bond acceptors (Lipinski definition) is 4. The lowest BCUT2D eigenvalue weighted by Gasteiger charge is -1.83. The Morgan fingerprint density at radius 2 is 2.40 bits per heavy atom. The summed E-state index contributed by atoms with van der Waals surface area (Å²) in [6, 6.07) is 1.94. The maximum absolute atomic E-state index is 10.4. The Morgan fingerprint density at radius 1 is 1.70 bits per heavy atom. The lowest BCUT2D eigenvalue weighted by atomic mass is 10.4. The third-order valence-corrected chi connectivity index (χ3v) is 1.47. The van der Waals surface area contributed by atoms with Gasteiger partial charge in [-0.25, -0.2) is 0 Å². The van der Waals surface area contributed by atoms with Crippen LogP contribution in [0.4, 0.5) is 0 Å². The van der Waals surface area contributed by atoms with E-state index in [1.807, 2.05) is 6.07 Å². The van der Waals surface area contributed by atoms with Crippen molar-refractivity contribution in [3.63, 3.8) is 0 Å². The fourth-order valence-corrected chi connectivity index (χ4v) is 0.727. The van der Waals surface area contributed by atoms with Crippen molar-refractivity contribution in [2.24, 2.45) is 0 Å².